The van der Waals surface area contributed by atoms with Gasteiger partial charge in [-0.2, -0.15) is 0 Å². The minimum absolute atomic E-state index is 0.385. The highest BCUT2D eigenvalue weighted by Gasteiger charge is 2.19. The maximum atomic E-state index is 6.06. The second kappa shape index (κ2) is 8.72. The van der Waals surface area contributed by atoms with Crippen LogP contribution in [0.3, 0.4) is 0 Å². The van der Waals surface area contributed by atoms with Crippen LogP contribution in [0.5, 0.6) is 5.75 Å². The van der Waals surface area contributed by atoms with Crippen LogP contribution in [-0.4, -0.2) is 39.2 Å². The summed E-state index contributed by atoms with van der Waals surface area (Å²) in [5.41, 5.74) is 8.24. The molecule has 2 aromatic heterocycles. The van der Waals surface area contributed by atoms with Gasteiger partial charge in [-0.25, -0.2) is 15.0 Å². The standard InChI is InChI=1S/C21H24N6OS/c1-3-14-8-9-16(28-2)12-17(14)29-21-26-18-19(22)24-13-25-20(18)27(21)11-5-7-15-6-4-10-23-15/h1,8-9,12-13,15,23H,4-7,10-11H2,2H3,(H2,22,24,25). The molecular formula is C21H24N6OS. The molecule has 1 aromatic carbocycles. The molecular weight excluding hydrogens is 384 g/mol. The Labute approximate surface area is 174 Å². The number of nitrogens with zero attached hydrogens (tertiary/aromatic N) is 4. The number of terminal acetylenes is 1. The minimum Gasteiger partial charge on any atom is -0.497 e. The number of anilines is 1. The van der Waals surface area contributed by atoms with Crippen molar-refractivity contribution in [2.45, 2.75) is 48.3 Å². The molecule has 0 aliphatic carbocycles. The first-order valence-electron chi connectivity index (χ1n) is 9.72. The number of fused-ring (bicyclic) bond motifs is 1. The van der Waals surface area contributed by atoms with Crippen molar-refractivity contribution in [2.24, 2.45) is 0 Å². The summed E-state index contributed by atoms with van der Waals surface area (Å²) >= 11 is 1.50. The molecule has 1 fully saturated rings. The molecule has 0 bridgehead atoms. The van der Waals surface area contributed by atoms with Crippen molar-refractivity contribution in [2.75, 3.05) is 19.4 Å². The van der Waals surface area contributed by atoms with Gasteiger partial charge < -0.3 is 20.4 Å². The van der Waals surface area contributed by atoms with E-state index in [0.717, 1.165) is 52.9 Å². The summed E-state index contributed by atoms with van der Waals surface area (Å²) in [4.78, 5) is 14.2. The van der Waals surface area contributed by atoms with Crippen molar-refractivity contribution in [1.29, 1.82) is 0 Å². The SMILES string of the molecule is C#Cc1ccc(OC)cc1Sc1nc2c(N)ncnc2n1CCCC1CCCN1. The number of aryl methyl sites for hydroxylation is 1. The van der Waals surface area contributed by atoms with E-state index >= 15 is 0 Å². The number of ether oxygens (including phenoxy) is 1. The van der Waals surface area contributed by atoms with Gasteiger partial charge in [-0.05, 0) is 50.4 Å². The predicted octanol–water partition coefficient (Wildman–Crippen LogP) is 3.08. The summed E-state index contributed by atoms with van der Waals surface area (Å²) < 4.78 is 7.48. The molecule has 1 atom stereocenters. The number of methoxy groups -OCH3 is 1. The van der Waals surface area contributed by atoms with Crippen LogP contribution in [0, 0.1) is 12.3 Å². The predicted molar refractivity (Wildman–Crippen MR) is 115 cm³/mol. The number of benzene rings is 1. The molecule has 29 heavy (non-hydrogen) atoms. The molecule has 3 heterocycles. The van der Waals surface area contributed by atoms with Crippen molar-refractivity contribution in [3.8, 4) is 18.1 Å². The first kappa shape index (κ1) is 19.6. The summed E-state index contributed by atoms with van der Waals surface area (Å²) in [5, 5.41) is 4.36. The Kier molecular flexibility index (Phi) is 5.88. The van der Waals surface area contributed by atoms with E-state index in [2.05, 4.69) is 25.8 Å². The fourth-order valence-electron chi connectivity index (χ4n) is 3.64. The summed E-state index contributed by atoms with van der Waals surface area (Å²) in [6.45, 7) is 1.93. The zero-order chi connectivity index (χ0) is 20.2. The highest BCUT2D eigenvalue weighted by molar-refractivity contribution is 7.99. The molecule has 1 aliphatic heterocycles. The number of aromatic nitrogens is 4. The first-order valence-corrected chi connectivity index (χ1v) is 10.5. The Hall–Kier alpha value is -2.76. The molecule has 0 spiro atoms. The molecule has 0 amide bonds. The molecule has 1 unspecified atom stereocenters. The monoisotopic (exact) mass is 408 g/mol. The third-order valence-corrected chi connectivity index (χ3v) is 6.22. The van der Waals surface area contributed by atoms with Gasteiger partial charge in [-0.1, -0.05) is 17.7 Å². The fourth-order valence-corrected chi connectivity index (χ4v) is 4.68. The number of hydrogen-bond donors (Lipinski definition) is 2. The van der Waals surface area contributed by atoms with Gasteiger partial charge >= 0.3 is 0 Å². The smallest absolute Gasteiger partial charge is 0.175 e. The average Bonchev–Trinajstić information content (AvgIpc) is 3.37. The lowest BCUT2D eigenvalue weighted by Gasteiger charge is -2.12. The first-order chi connectivity index (χ1) is 14.2. The Morgan fingerprint density at radius 1 is 1.41 bits per heavy atom. The van der Waals surface area contributed by atoms with Gasteiger partial charge in [0.2, 0.25) is 0 Å². The summed E-state index contributed by atoms with van der Waals surface area (Å²) in [7, 11) is 1.64. The minimum atomic E-state index is 0.385. The quantitative estimate of drug-likeness (QED) is 0.581. The second-order valence-corrected chi connectivity index (χ2v) is 8.03. The van der Waals surface area contributed by atoms with E-state index in [-0.39, 0.29) is 0 Å². The van der Waals surface area contributed by atoms with Crippen LogP contribution in [0.25, 0.3) is 11.2 Å². The molecule has 4 rings (SSSR count). The van der Waals surface area contributed by atoms with Gasteiger partial charge in [-0.15, -0.1) is 6.42 Å². The van der Waals surface area contributed by atoms with E-state index in [4.69, 9.17) is 21.9 Å². The Morgan fingerprint density at radius 3 is 3.07 bits per heavy atom. The summed E-state index contributed by atoms with van der Waals surface area (Å²) in [6, 6.07) is 6.28. The van der Waals surface area contributed by atoms with E-state index in [1.54, 1.807) is 7.11 Å². The molecule has 0 radical (unpaired) electrons. The molecule has 150 valence electrons. The van der Waals surface area contributed by atoms with Gasteiger partial charge in [0.25, 0.3) is 0 Å². The lowest BCUT2D eigenvalue weighted by molar-refractivity contribution is 0.413. The molecule has 1 saturated heterocycles. The average molecular weight is 409 g/mol. The van der Waals surface area contributed by atoms with Gasteiger partial charge in [0.1, 0.15) is 12.1 Å². The van der Waals surface area contributed by atoms with Crippen LogP contribution in [-0.2, 0) is 6.54 Å². The number of nitrogen functional groups attached to an aromatic ring is 1. The van der Waals surface area contributed by atoms with Crippen LogP contribution in [0.2, 0.25) is 0 Å². The van der Waals surface area contributed by atoms with Crippen molar-refractivity contribution in [3.05, 3.63) is 30.1 Å². The van der Waals surface area contributed by atoms with Crippen molar-refractivity contribution >= 4 is 28.7 Å². The Balaban J connectivity index is 1.66. The van der Waals surface area contributed by atoms with Crippen molar-refractivity contribution in [3.63, 3.8) is 0 Å². The Bertz CT molecular complexity index is 1050. The van der Waals surface area contributed by atoms with Crippen LogP contribution >= 0.6 is 11.8 Å². The normalized spacial score (nSPS) is 16.2. The van der Waals surface area contributed by atoms with E-state index in [0.29, 0.717) is 17.4 Å². The number of nitrogens with one attached hydrogen (secondary N) is 1. The second-order valence-electron chi connectivity index (χ2n) is 7.02. The van der Waals surface area contributed by atoms with Gasteiger partial charge in [0, 0.05) is 23.0 Å². The van der Waals surface area contributed by atoms with Crippen LogP contribution in [0.4, 0.5) is 5.82 Å². The van der Waals surface area contributed by atoms with Crippen LogP contribution < -0.4 is 15.8 Å². The molecule has 8 heteroatoms. The summed E-state index contributed by atoms with van der Waals surface area (Å²) in [5.74, 6) is 3.87. The lowest BCUT2D eigenvalue weighted by atomic mass is 10.1. The van der Waals surface area contributed by atoms with Crippen LogP contribution in [0.15, 0.2) is 34.6 Å². The van der Waals surface area contributed by atoms with E-state index in [1.807, 2.05) is 18.2 Å². The highest BCUT2D eigenvalue weighted by Crippen LogP contribution is 2.35. The number of imidazole rings is 1. The number of rotatable bonds is 7. The maximum absolute atomic E-state index is 6.06. The third kappa shape index (κ3) is 4.16. The van der Waals surface area contributed by atoms with Gasteiger partial charge in [0.05, 0.1) is 7.11 Å². The largest absolute Gasteiger partial charge is 0.497 e. The van der Waals surface area contributed by atoms with Crippen molar-refractivity contribution in [1.82, 2.24) is 24.8 Å². The Morgan fingerprint density at radius 2 is 2.31 bits per heavy atom. The summed E-state index contributed by atoms with van der Waals surface area (Å²) in [6.07, 6.45) is 11.8. The maximum Gasteiger partial charge on any atom is 0.175 e. The zero-order valence-corrected chi connectivity index (χ0v) is 17.2. The van der Waals surface area contributed by atoms with Crippen molar-refractivity contribution < 1.29 is 4.74 Å². The molecule has 3 N–H and O–H groups in total. The van der Waals surface area contributed by atoms with E-state index < -0.39 is 0 Å². The zero-order valence-electron chi connectivity index (χ0n) is 16.4. The number of hydrogen-bond acceptors (Lipinski definition) is 7. The molecule has 0 saturated carbocycles. The van der Waals surface area contributed by atoms with Crippen LogP contribution in [0.1, 0.15) is 31.2 Å². The number of nitrogens with two attached hydrogens (primary N) is 1. The lowest BCUT2D eigenvalue weighted by Crippen LogP contribution is -2.21. The van der Waals surface area contributed by atoms with E-state index in [9.17, 15) is 0 Å². The third-order valence-electron chi connectivity index (χ3n) is 5.17. The fraction of sp³-hybridized carbons (Fsp3) is 0.381. The van der Waals surface area contributed by atoms with Gasteiger partial charge in [-0.3, -0.25) is 0 Å². The highest BCUT2D eigenvalue weighted by atomic mass is 32.2. The van der Waals surface area contributed by atoms with Gasteiger partial charge in [0.15, 0.2) is 22.1 Å². The van der Waals surface area contributed by atoms with E-state index in [1.165, 1.54) is 30.9 Å². The molecule has 7 nitrogen and oxygen atoms in total. The molecule has 3 aromatic rings. The topological polar surface area (TPSA) is 90.9 Å². The molecule has 1 aliphatic rings.